The number of ether oxygens (including phenoxy) is 7. The van der Waals surface area contributed by atoms with E-state index in [-0.39, 0.29) is 25.0 Å². The molecule has 0 aliphatic carbocycles. The Morgan fingerprint density at radius 3 is 2.23 bits per heavy atom. The number of esters is 1. The first-order chi connectivity index (χ1) is 24.5. The highest BCUT2D eigenvalue weighted by molar-refractivity contribution is 5.73. The number of carbonyl (C=O) groups is 1. The first kappa shape index (κ1) is 44.1. The molecular weight excluding hydrogens is 686 g/mol. The van der Waals surface area contributed by atoms with E-state index in [2.05, 4.69) is 6.58 Å². The van der Waals surface area contributed by atoms with E-state index in [0.29, 0.717) is 29.6 Å². The second kappa shape index (κ2) is 16.4. The number of cyclic esters (lactones) is 1. The highest BCUT2D eigenvalue weighted by Crippen LogP contribution is 2.47. The Morgan fingerprint density at radius 2 is 1.64 bits per heavy atom. The van der Waals surface area contributed by atoms with Crippen LogP contribution in [0.4, 0.5) is 0 Å². The molecule has 0 spiro atoms. The average molecular weight is 757 g/mol. The average Bonchev–Trinajstić information content (AvgIpc) is 3.40. The highest BCUT2D eigenvalue weighted by Gasteiger charge is 2.57. The Kier molecular flexibility index (Phi) is 13.7. The zero-order valence-electron chi connectivity index (χ0n) is 34.4. The standard InChI is InChI=1S/C40H70NO12/c1-15-17-41(12,13)27-18-22(4)48-37(30(27)42)52-35-24(6)32(51-29-20-38(9,47-14)34(44)26(8)49-29)25(7)36(45)50-28(16-2)40(11,46)33(43)23(5)31-21(3)19-39(35,10)53-31/h15,22-30,32-35,37,42-44,46H,1,16-20H2,2-14H3/q+1/t22-,23+,24+,25-,26+,27+,28-,29+,30-,32+,33-,34+,35-,37+,38-,39-,40-/m1/s1. The van der Waals surface area contributed by atoms with Gasteiger partial charge in [-0.05, 0) is 66.5 Å². The van der Waals surface area contributed by atoms with E-state index in [9.17, 15) is 25.2 Å². The van der Waals surface area contributed by atoms with E-state index in [1.165, 1.54) is 14.0 Å². The molecule has 53 heavy (non-hydrogen) atoms. The molecule has 4 rings (SSSR count). The van der Waals surface area contributed by atoms with Crippen molar-refractivity contribution in [1.29, 1.82) is 0 Å². The van der Waals surface area contributed by atoms with Gasteiger partial charge in [0.2, 0.25) is 0 Å². The van der Waals surface area contributed by atoms with Crippen LogP contribution in [0.1, 0.15) is 94.9 Å². The number of nitrogens with zero attached hydrogens (tertiary/aromatic N) is 1. The van der Waals surface area contributed by atoms with E-state index in [4.69, 9.17) is 33.2 Å². The maximum Gasteiger partial charge on any atom is 0.311 e. The molecule has 4 heterocycles. The number of aliphatic hydroxyl groups is 4. The number of carbonyl (C=O) groups excluding carboxylic acids is 1. The third-order valence-electron chi connectivity index (χ3n) is 12.8. The van der Waals surface area contributed by atoms with Gasteiger partial charge in [-0.15, -0.1) is 0 Å². The molecule has 0 amide bonds. The van der Waals surface area contributed by atoms with E-state index >= 15 is 0 Å². The van der Waals surface area contributed by atoms with Gasteiger partial charge in [0, 0.05) is 38.2 Å². The van der Waals surface area contributed by atoms with Gasteiger partial charge in [-0.1, -0.05) is 27.4 Å². The van der Waals surface area contributed by atoms with Crippen molar-refractivity contribution in [2.75, 3.05) is 27.7 Å². The summed E-state index contributed by atoms with van der Waals surface area (Å²) in [5, 5.41) is 46.4. The van der Waals surface area contributed by atoms with Crippen LogP contribution in [-0.2, 0) is 38.0 Å². The number of aliphatic hydroxyl groups excluding tert-OH is 3. The van der Waals surface area contributed by atoms with Crippen molar-refractivity contribution in [3.8, 4) is 0 Å². The lowest BCUT2D eigenvalue weighted by atomic mass is 9.78. The number of hydrogen-bond acceptors (Lipinski definition) is 12. The molecule has 13 nitrogen and oxygen atoms in total. The molecule has 306 valence electrons. The number of rotatable bonds is 9. The second-order valence-corrected chi connectivity index (χ2v) is 17.6. The summed E-state index contributed by atoms with van der Waals surface area (Å²) < 4.78 is 45.5. The molecule has 0 aromatic rings. The Balaban J connectivity index is 1.85. The Hall–Kier alpha value is -1.65. The molecule has 0 saturated carbocycles. The number of hydrogen-bond donors (Lipinski definition) is 4. The molecule has 3 saturated heterocycles. The van der Waals surface area contributed by atoms with Crippen LogP contribution in [0.15, 0.2) is 24.0 Å². The molecule has 0 radical (unpaired) electrons. The maximum atomic E-state index is 14.2. The van der Waals surface area contributed by atoms with Gasteiger partial charge >= 0.3 is 5.97 Å². The van der Waals surface area contributed by atoms with Crippen LogP contribution in [0, 0.1) is 17.8 Å². The lowest BCUT2D eigenvalue weighted by Gasteiger charge is -2.49. The molecule has 0 aromatic carbocycles. The zero-order chi connectivity index (χ0) is 40.0. The van der Waals surface area contributed by atoms with Crippen LogP contribution in [0.5, 0.6) is 0 Å². The van der Waals surface area contributed by atoms with Crippen LogP contribution in [0.2, 0.25) is 0 Å². The minimum atomic E-state index is -1.83. The van der Waals surface area contributed by atoms with Crippen molar-refractivity contribution < 1.29 is 62.9 Å². The van der Waals surface area contributed by atoms with Crippen LogP contribution < -0.4 is 0 Å². The monoisotopic (exact) mass is 756 g/mol. The summed E-state index contributed by atoms with van der Waals surface area (Å²) >= 11 is 0. The number of likely N-dealkylation sites (N-methyl/N-ethyl adjacent to an activating group) is 1. The van der Waals surface area contributed by atoms with Crippen LogP contribution in [-0.4, -0.2) is 143 Å². The number of methoxy groups -OCH3 is 1. The van der Waals surface area contributed by atoms with Crippen LogP contribution >= 0.6 is 0 Å². The highest BCUT2D eigenvalue weighted by atomic mass is 16.7. The molecule has 0 aromatic heterocycles. The smallest absolute Gasteiger partial charge is 0.311 e. The van der Waals surface area contributed by atoms with Gasteiger partial charge < -0.3 is 58.1 Å². The topological polar surface area (TPSA) is 163 Å². The van der Waals surface area contributed by atoms with Crippen LogP contribution in [0.25, 0.3) is 0 Å². The van der Waals surface area contributed by atoms with Crippen molar-refractivity contribution in [1.82, 2.24) is 0 Å². The minimum absolute atomic E-state index is 0.167. The van der Waals surface area contributed by atoms with Crippen LogP contribution in [0.3, 0.4) is 0 Å². The lowest BCUT2D eigenvalue weighted by molar-refractivity contribution is -0.916. The largest absolute Gasteiger partial charge is 0.489 e. The third kappa shape index (κ3) is 8.69. The minimum Gasteiger partial charge on any atom is -0.489 e. The second-order valence-electron chi connectivity index (χ2n) is 17.6. The Bertz CT molecular complexity index is 1320. The van der Waals surface area contributed by atoms with E-state index < -0.39 is 95.8 Å². The number of quaternary nitrogens is 1. The number of fused-ring (bicyclic) bond motifs is 2. The SMILES string of the molecule is C=CC[N+](C)(C)[C@H]1C[C@@H](C)O[C@@H](O[C@@H]2[C@@H](C)[C@H](O[C@H]3C[C@@](C)(OC)[C@@H](O)[C@H](C)O3)[C@@H](C)C(=O)O[C@H](CC)[C@@](C)(O)[C@H](O)[C@@H](C)C3=C(C)C[C@@]2(C)O3)[C@@H]1O. The summed E-state index contributed by atoms with van der Waals surface area (Å²) in [5.74, 6) is -2.36. The van der Waals surface area contributed by atoms with Gasteiger partial charge in [0.05, 0.1) is 56.6 Å². The molecular formula is C40H70NO12+. The quantitative estimate of drug-likeness (QED) is 0.154. The predicted molar refractivity (Wildman–Crippen MR) is 197 cm³/mol. The van der Waals surface area contributed by atoms with Crippen molar-refractivity contribution in [2.24, 2.45) is 17.8 Å². The van der Waals surface area contributed by atoms with Gasteiger partial charge in [-0.2, -0.15) is 0 Å². The van der Waals surface area contributed by atoms with E-state index in [1.807, 2.05) is 47.9 Å². The summed E-state index contributed by atoms with van der Waals surface area (Å²) in [6, 6.07) is -0.237. The molecule has 13 heteroatoms. The first-order valence-corrected chi connectivity index (χ1v) is 19.4. The van der Waals surface area contributed by atoms with Gasteiger partial charge in [0.25, 0.3) is 0 Å². The van der Waals surface area contributed by atoms with Gasteiger partial charge in [-0.3, -0.25) is 4.79 Å². The van der Waals surface area contributed by atoms with Gasteiger partial charge in [0.1, 0.15) is 41.3 Å². The normalized spacial score (nSPS) is 47.5. The molecule has 4 N–H and O–H groups in total. The molecule has 4 aliphatic rings. The van der Waals surface area contributed by atoms with Crippen molar-refractivity contribution in [3.63, 3.8) is 0 Å². The predicted octanol–water partition coefficient (Wildman–Crippen LogP) is 3.59. The summed E-state index contributed by atoms with van der Waals surface area (Å²) in [4.78, 5) is 14.2. The fraction of sp³-hybridized carbons (Fsp3) is 0.875. The fourth-order valence-corrected chi connectivity index (χ4v) is 9.38. The van der Waals surface area contributed by atoms with Crippen molar-refractivity contribution in [3.05, 3.63) is 24.0 Å². The van der Waals surface area contributed by atoms with Crippen molar-refractivity contribution in [2.45, 2.75) is 179 Å². The summed E-state index contributed by atoms with van der Waals surface area (Å²) in [6.07, 6.45) is -5.74. The molecule has 0 unspecified atom stereocenters. The third-order valence-corrected chi connectivity index (χ3v) is 12.8. The first-order valence-electron chi connectivity index (χ1n) is 19.4. The zero-order valence-corrected chi connectivity index (χ0v) is 34.4. The van der Waals surface area contributed by atoms with Gasteiger partial charge in [0.15, 0.2) is 18.7 Å². The van der Waals surface area contributed by atoms with E-state index in [1.54, 1.807) is 34.6 Å². The fourth-order valence-electron chi connectivity index (χ4n) is 9.38. The lowest BCUT2D eigenvalue weighted by Crippen LogP contribution is -2.64. The summed E-state index contributed by atoms with van der Waals surface area (Å²) in [7, 11) is 5.62. The van der Waals surface area contributed by atoms with E-state index in [0.717, 1.165) is 5.57 Å². The molecule has 17 atom stereocenters. The van der Waals surface area contributed by atoms with Gasteiger partial charge in [-0.25, -0.2) is 0 Å². The molecule has 3 fully saturated rings. The van der Waals surface area contributed by atoms with Crippen molar-refractivity contribution >= 4 is 5.97 Å². The Labute approximate surface area is 317 Å². The summed E-state index contributed by atoms with van der Waals surface area (Å²) in [6.45, 7) is 22.6. The molecule has 2 bridgehead atoms. The maximum absolute atomic E-state index is 14.2. The molecule has 4 aliphatic heterocycles. The summed E-state index contributed by atoms with van der Waals surface area (Å²) in [5.41, 5.74) is -3.04. The Morgan fingerprint density at radius 1 is 1.00 bits per heavy atom.